The summed E-state index contributed by atoms with van der Waals surface area (Å²) in [6, 6.07) is 19.2. The fourth-order valence-electron chi connectivity index (χ4n) is 1.51. The van der Waals surface area contributed by atoms with Crippen LogP contribution >= 0.6 is 0 Å². The first kappa shape index (κ1) is 12.2. The molecule has 2 rings (SSSR count). The summed E-state index contributed by atoms with van der Waals surface area (Å²) in [4.78, 5) is 11.8. The van der Waals surface area contributed by atoms with Gasteiger partial charge in [-0.1, -0.05) is 60.7 Å². The van der Waals surface area contributed by atoms with Gasteiger partial charge in [-0.3, -0.25) is 4.79 Å². The van der Waals surface area contributed by atoms with Crippen molar-refractivity contribution in [1.29, 1.82) is 0 Å². The lowest BCUT2D eigenvalue weighted by molar-refractivity contribution is 0.0993. The number of benzene rings is 2. The van der Waals surface area contributed by atoms with Gasteiger partial charge in [0.05, 0.1) is 0 Å². The van der Waals surface area contributed by atoms with E-state index in [0.717, 1.165) is 11.1 Å². The summed E-state index contributed by atoms with van der Waals surface area (Å²) in [5.41, 5.74) is 1.84. The van der Waals surface area contributed by atoms with E-state index in [2.05, 4.69) is 0 Å². The zero-order valence-electron chi connectivity index (χ0n) is 8.97. The van der Waals surface area contributed by atoms with Crippen molar-refractivity contribution in [1.82, 2.24) is 0 Å². The molecule has 0 aliphatic heterocycles. The smallest absolute Gasteiger partial charge is 0.167 e. The summed E-state index contributed by atoms with van der Waals surface area (Å²) in [5.74, 6) is 0.168. The Morgan fingerprint density at radius 3 is 1.88 bits per heavy atom. The van der Waals surface area contributed by atoms with Crippen molar-refractivity contribution >= 4 is 14.2 Å². The Bertz CT molecular complexity index is 437. The van der Waals surface area contributed by atoms with Crippen LogP contribution in [-0.4, -0.2) is 14.2 Å². The predicted molar refractivity (Wildman–Crippen MR) is 66.7 cm³/mol. The van der Waals surface area contributed by atoms with Crippen molar-refractivity contribution in [2.75, 3.05) is 0 Å². The van der Waals surface area contributed by atoms with Gasteiger partial charge in [0.25, 0.3) is 0 Å². The van der Waals surface area contributed by atoms with Gasteiger partial charge in [0, 0.05) is 20.4 Å². The molecule has 0 atom stereocenters. The maximum atomic E-state index is 11.8. The van der Waals surface area contributed by atoms with Crippen LogP contribution in [0.1, 0.15) is 15.9 Å². The minimum atomic E-state index is 0. The van der Waals surface area contributed by atoms with Crippen molar-refractivity contribution in [2.24, 2.45) is 0 Å². The van der Waals surface area contributed by atoms with Crippen molar-refractivity contribution in [3.8, 4) is 0 Å². The topological polar surface area (TPSA) is 17.1 Å². The van der Waals surface area contributed by atoms with Crippen LogP contribution < -0.4 is 0 Å². The number of hydrogen-bond acceptors (Lipinski definition) is 1. The highest BCUT2D eigenvalue weighted by Crippen LogP contribution is 2.06. The van der Waals surface area contributed by atoms with E-state index in [0.29, 0.717) is 6.42 Å². The molecule has 1 nitrogen and oxygen atoms in total. The van der Waals surface area contributed by atoms with E-state index in [4.69, 9.17) is 0 Å². The second kappa shape index (κ2) is 5.91. The summed E-state index contributed by atoms with van der Waals surface area (Å²) in [5, 5.41) is 0. The Kier molecular flexibility index (Phi) is 4.52. The summed E-state index contributed by atoms with van der Waals surface area (Å²) < 4.78 is 0. The van der Waals surface area contributed by atoms with E-state index in [1.807, 2.05) is 60.7 Å². The van der Waals surface area contributed by atoms with Gasteiger partial charge in [0.1, 0.15) is 0 Å². The maximum Gasteiger partial charge on any atom is 0.167 e. The number of hydrogen-bond donors (Lipinski definition) is 0. The molecular weight excluding hydrogens is 195 g/mol. The quantitative estimate of drug-likeness (QED) is 0.558. The fourth-order valence-corrected chi connectivity index (χ4v) is 1.51. The fraction of sp³-hybridized carbons (Fsp3) is 0.0714. The minimum Gasteiger partial charge on any atom is -0.294 e. The van der Waals surface area contributed by atoms with E-state index < -0.39 is 0 Å². The van der Waals surface area contributed by atoms with Crippen molar-refractivity contribution < 1.29 is 4.79 Å². The summed E-state index contributed by atoms with van der Waals surface area (Å²) in [6.07, 6.45) is 0.477. The van der Waals surface area contributed by atoms with Crippen LogP contribution in [0.3, 0.4) is 0 Å². The largest absolute Gasteiger partial charge is 0.294 e. The molecule has 2 heteroatoms. The third kappa shape index (κ3) is 3.09. The number of carbonyl (C=O) groups is 1. The molecule has 2 aromatic carbocycles. The Labute approximate surface area is 97.7 Å². The molecule has 0 N–H and O–H groups in total. The van der Waals surface area contributed by atoms with Crippen LogP contribution in [0.15, 0.2) is 60.7 Å². The molecule has 3 radical (unpaired) electrons. The van der Waals surface area contributed by atoms with Gasteiger partial charge in [0.15, 0.2) is 5.78 Å². The average molecular weight is 207 g/mol. The van der Waals surface area contributed by atoms with Crippen LogP contribution in [0.4, 0.5) is 0 Å². The van der Waals surface area contributed by atoms with E-state index in [-0.39, 0.29) is 14.2 Å². The van der Waals surface area contributed by atoms with Gasteiger partial charge < -0.3 is 0 Å². The average Bonchev–Trinajstić information content (AvgIpc) is 2.31. The Hall–Kier alpha value is -1.83. The molecule has 0 bridgehead atoms. The van der Waals surface area contributed by atoms with Gasteiger partial charge in [-0.25, -0.2) is 0 Å². The van der Waals surface area contributed by atoms with Gasteiger partial charge in [0.2, 0.25) is 0 Å². The SMILES string of the molecule is O=C(Cc1ccccc1)c1ccccc1.[B]. The number of ketones is 1. The zero-order chi connectivity index (χ0) is 10.5. The first-order valence-electron chi connectivity index (χ1n) is 4.98. The molecule has 0 aromatic heterocycles. The standard InChI is InChI=1S/C14H12O.B/c15-14(13-9-5-2-6-10-13)11-12-7-3-1-4-8-12;/h1-10H,11H2;. The van der Waals surface area contributed by atoms with Gasteiger partial charge in [-0.15, -0.1) is 0 Å². The molecule has 0 amide bonds. The van der Waals surface area contributed by atoms with Crippen molar-refractivity contribution in [3.05, 3.63) is 71.8 Å². The van der Waals surface area contributed by atoms with E-state index >= 15 is 0 Å². The van der Waals surface area contributed by atoms with E-state index in [9.17, 15) is 4.79 Å². The summed E-state index contributed by atoms with van der Waals surface area (Å²) >= 11 is 0. The second-order valence-corrected chi connectivity index (χ2v) is 3.45. The Morgan fingerprint density at radius 2 is 1.31 bits per heavy atom. The monoisotopic (exact) mass is 207 g/mol. The van der Waals surface area contributed by atoms with Gasteiger partial charge in [-0.2, -0.15) is 0 Å². The minimum absolute atomic E-state index is 0. The van der Waals surface area contributed by atoms with Crippen molar-refractivity contribution in [3.63, 3.8) is 0 Å². The lowest BCUT2D eigenvalue weighted by Gasteiger charge is -2.00. The molecule has 0 fully saturated rings. The second-order valence-electron chi connectivity index (χ2n) is 3.45. The molecule has 0 unspecified atom stereocenters. The first-order chi connectivity index (χ1) is 7.36. The molecule has 0 heterocycles. The lowest BCUT2D eigenvalue weighted by atomic mass is 10.0. The summed E-state index contributed by atoms with van der Waals surface area (Å²) in [6.45, 7) is 0. The highest BCUT2D eigenvalue weighted by atomic mass is 16.1. The van der Waals surface area contributed by atoms with E-state index in [1.54, 1.807) is 0 Å². The van der Waals surface area contributed by atoms with Crippen LogP contribution in [0.5, 0.6) is 0 Å². The molecule has 0 aliphatic carbocycles. The van der Waals surface area contributed by atoms with Crippen LogP contribution in [0, 0.1) is 0 Å². The van der Waals surface area contributed by atoms with Crippen LogP contribution in [-0.2, 0) is 6.42 Å². The highest BCUT2D eigenvalue weighted by molar-refractivity contribution is 5.97. The zero-order valence-corrected chi connectivity index (χ0v) is 8.97. The third-order valence-corrected chi connectivity index (χ3v) is 2.30. The molecule has 0 spiro atoms. The number of Topliss-reactive ketones (excluding diaryl/α,β-unsaturated/α-hetero) is 1. The van der Waals surface area contributed by atoms with Gasteiger partial charge >= 0.3 is 0 Å². The van der Waals surface area contributed by atoms with Crippen LogP contribution in [0.25, 0.3) is 0 Å². The Balaban J connectivity index is 0.00000128. The highest BCUT2D eigenvalue weighted by Gasteiger charge is 2.05. The number of carbonyl (C=O) groups excluding carboxylic acids is 1. The molecule has 0 saturated carbocycles. The first-order valence-corrected chi connectivity index (χ1v) is 4.98. The molecular formula is C14H12BO. The Morgan fingerprint density at radius 1 is 0.812 bits per heavy atom. The molecule has 2 aromatic rings. The molecule has 16 heavy (non-hydrogen) atoms. The van der Waals surface area contributed by atoms with Crippen LogP contribution in [0.2, 0.25) is 0 Å². The molecule has 0 saturated heterocycles. The van der Waals surface area contributed by atoms with Gasteiger partial charge in [-0.05, 0) is 5.56 Å². The molecule has 77 valence electrons. The molecule has 0 aliphatic rings. The van der Waals surface area contributed by atoms with E-state index in [1.165, 1.54) is 0 Å². The maximum absolute atomic E-state index is 11.8. The van der Waals surface area contributed by atoms with Crippen molar-refractivity contribution in [2.45, 2.75) is 6.42 Å². The lowest BCUT2D eigenvalue weighted by Crippen LogP contribution is -2.02. The number of rotatable bonds is 3. The third-order valence-electron chi connectivity index (χ3n) is 2.30. The normalized spacial score (nSPS) is 9.25. The summed E-state index contributed by atoms with van der Waals surface area (Å²) in [7, 11) is 0. The predicted octanol–water partition coefficient (Wildman–Crippen LogP) is 2.73.